The average molecular weight is 274 g/mol. The highest BCUT2D eigenvalue weighted by Gasteiger charge is 2.01. The van der Waals surface area contributed by atoms with Gasteiger partial charge >= 0.3 is 0 Å². The molecule has 1 heterocycles. The number of nitrogens with zero attached hydrogens (tertiary/aromatic N) is 1. The van der Waals surface area contributed by atoms with Gasteiger partial charge in [0.2, 0.25) is 0 Å². The molecule has 1 unspecified atom stereocenters. The van der Waals surface area contributed by atoms with Gasteiger partial charge in [0.05, 0.1) is 25.0 Å². The third kappa shape index (κ3) is 5.25. The number of ether oxygens (including phenoxy) is 2. The third-order valence-corrected chi connectivity index (χ3v) is 2.27. The fraction of sp³-hybridized carbons (Fsp3) is 0.545. The standard InChI is InChI=1S/C11H16BrNO2/c1-3-15-9(2)7-14-8-10-5-4-6-11(12)13-10/h4-6,9H,3,7-8H2,1-2H3. The summed E-state index contributed by atoms with van der Waals surface area (Å²) in [6, 6.07) is 5.78. The summed E-state index contributed by atoms with van der Waals surface area (Å²) in [5.74, 6) is 0. The Morgan fingerprint density at radius 2 is 2.27 bits per heavy atom. The number of aromatic nitrogens is 1. The van der Waals surface area contributed by atoms with E-state index in [9.17, 15) is 0 Å². The van der Waals surface area contributed by atoms with E-state index in [2.05, 4.69) is 20.9 Å². The Morgan fingerprint density at radius 1 is 1.47 bits per heavy atom. The molecule has 84 valence electrons. The van der Waals surface area contributed by atoms with Crippen LogP contribution in [0.25, 0.3) is 0 Å². The molecule has 0 aliphatic carbocycles. The Balaban J connectivity index is 2.25. The molecule has 0 bridgehead atoms. The molecule has 0 aliphatic heterocycles. The summed E-state index contributed by atoms with van der Waals surface area (Å²) in [6.07, 6.45) is 0.141. The van der Waals surface area contributed by atoms with Gasteiger partial charge < -0.3 is 9.47 Å². The first-order valence-corrected chi connectivity index (χ1v) is 5.82. The van der Waals surface area contributed by atoms with Gasteiger partial charge in [-0.15, -0.1) is 0 Å². The molecule has 1 aromatic heterocycles. The Hall–Kier alpha value is -0.450. The highest BCUT2D eigenvalue weighted by Crippen LogP contribution is 2.07. The average Bonchev–Trinajstić information content (AvgIpc) is 2.18. The summed E-state index contributed by atoms with van der Waals surface area (Å²) in [7, 11) is 0. The van der Waals surface area contributed by atoms with E-state index < -0.39 is 0 Å². The van der Waals surface area contributed by atoms with Crippen LogP contribution < -0.4 is 0 Å². The maximum atomic E-state index is 5.48. The first-order chi connectivity index (χ1) is 7.22. The molecule has 0 spiro atoms. The smallest absolute Gasteiger partial charge is 0.106 e. The maximum absolute atomic E-state index is 5.48. The Bertz CT molecular complexity index is 294. The van der Waals surface area contributed by atoms with Gasteiger partial charge in [0.1, 0.15) is 4.60 Å². The van der Waals surface area contributed by atoms with Gasteiger partial charge in [-0.1, -0.05) is 6.07 Å². The number of pyridine rings is 1. The normalized spacial score (nSPS) is 12.7. The minimum absolute atomic E-state index is 0.141. The van der Waals surface area contributed by atoms with E-state index in [1.165, 1.54) is 0 Å². The fourth-order valence-corrected chi connectivity index (χ4v) is 1.57. The van der Waals surface area contributed by atoms with E-state index in [4.69, 9.17) is 9.47 Å². The monoisotopic (exact) mass is 273 g/mol. The summed E-state index contributed by atoms with van der Waals surface area (Å²) >= 11 is 3.32. The molecular weight excluding hydrogens is 258 g/mol. The van der Waals surface area contributed by atoms with Crippen molar-refractivity contribution >= 4 is 15.9 Å². The van der Waals surface area contributed by atoms with Crippen LogP contribution in [0.2, 0.25) is 0 Å². The lowest BCUT2D eigenvalue weighted by Gasteiger charge is -2.11. The van der Waals surface area contributed by atoms with Crippen molar-refractivity contribution in [1.29, 1.82) is 0 Å². The van der Waals surface area contributed by atoms with Crippen molar-refractivity contribution in [3.8, 4) is 0 Å². The van der Waals surface area contributed by atoms with Crippen LogP contribution in [-0.2, 0) is 16.1 Å². The summed E-state index contributed by atoms with van der Waals surface area (Å²) < 4.78 is 11.7. The highest BCUT2D eigenvalue weighted by atomic mass is 79.9. The zero-order valence-corrected chi connectivity index (χ0v) is 10.7. The SMILES string of the molecule is CCOC(C)COCc1cccc(Br)n1. The number of halogens is 1. The molecule has 3 nitrogen and oxygen atoms in total. The molecule has 1 atom stereocenters. The molecule has 0 fully saturated rings. The first-order valence-electron chi connectivity index (χ1n) is 5.03. The topological polar surface area (TPSA) is 31.4 Å². The molecule has 0 radical (unpaired) electrons. The molecule has 4 heteroatoms. The molecule has 0 amide bonds. The lowest BCUT2D eigenvalue weighted by molar-refractivity contribution is -0.00790. The number of hydrogen-bond donors (Lipinski definition) is 0. The van der Waals surface area contributed by atoms with E-state index in [0.717, 1.165) is 16.9 Å². The highest BCUT2D eigenvalue weighted by molar-refractivity contribution is 9.10. The van der Waals surface area contributed by atoms with E-state index in [-0.39, 0.29) is 6.10 Å². The molecule has 1 aromatic rings. The number of hydrogen-bond acceptors (Lipinski definition) is 3. The molecular formula is C11H16BrNO2. The van der Waals surface area contributed by atoms with Crippen LogP contribution in [0.4, 0.5) is 0 Å². The van der Waals surface area contributed by atoms with Crippen molar-refractivity contribution in [2.24, 2.45) is 0 Å². The van der Waals surface area contributed by atoms with Crippen LogP contribution in [0, 0.1) is 0 Å². The van der Waals surface area contributed by atoms with Gasteiger partial charge in [0, 0.05) is 6.61 Å². The largest absolute Gasteiger partial charge is 0.376 e. The van der Waals surface area contributed by atoms with Crippen molar-refractivity contribution in [1.82, 2.24) is 4.98 Å². The maximum Gasteiger partial charge on any atom is 0.106 e. The van der Waals surface area contributed by atoms with Crippen LogP contribution >= 0.6 is 15.9 Å². The summed E-state index contributed by atoms with van der Waals surface area (Å²) in [6.45, 7) is 5.82. The summed E-state index contributed by atoms with van der Waals surface area (Å²) in [5.41, 5.74) is 0.924. The van der Waals surface area contributed by atoms with Gasteiger partial charge in [-0.05, 0) is 41.9 Å². The zero-order valence-electron chi connectivity index (χ0n) is 9.07. The minimum atomic E-state index is 0.141. The zero-order chi connectivity index (χ0) is 11.1. The molecule has 1 rings (SSSR count). The van der Waals surface area contributed by atoms with Gasteiger partial charge in [-0.2, -0.15) is 0 Å². The second-order valence-corrected chi connectivity index (χ2v) is 4.05. The van der Waals surface area contributed by atoms with Gasteiger partial charge in [0.25, 0.3) is 0 Å². The van der Waals surface area contributed by atoms with Crippen molar-refractivity contribution < 1.29 is 9.47 Å². The van der Waals surface area contributed by atoms with Crippen LogP contribution in [0.15, 0.2) is 22.8 Å². The molecule has 0 N–H and O–H groups in total. The van der Waals surface area contributed by atoms with Crippen molar-refractivity contribution in [3.05, 3.63) is 28.5 Å². The predicted octanol–water partition coefficient (Wildman–Crippen LogP) is 2.79. The molecule has 0 saturated carbocycles. The Morgan fingerprint density at radius 3 is 2.93 bits per heavy atom. The second-order valence-electron chi connectivity index (χ2n) is 3.23. The van der Waals surface area contributed by atoms with Gasteiger partial charge in [-0.3, -0.25) is 0 Å². The predicted molar refractivity (Wildman–Crippen MR) is 62.7 cm³/mol. The van der Waals surface area contributed by atoms with E-state index in [0.29, 0.717) is 13.2 Å². The first kappa shape index (κ1) is 12.6. The van der Waals surface area contributed by atoms with E-state index in [1.807, 2.05) is 32.0 Å². The van der Waals surface area contributed by atoms with Gasteiger partial charge in [-0.25, -0.2) is 4.98 Å². The molecule has 0 aliphatic rings. The number of rotatable bonds is 6. The van der Waals surface area contributed by atoms with Gasteiger partial charge in [0.15, 0.2) is 0 Å². The second kappa shape index (κ2) is 6.93. The van der Waals surface area contributed by atoms with E-state index in [1.54, 1.807) is 0 Å². The van der Waals surface area contributed by atoms with Crippen molar-refractivity contribution in [2.75, 3.05) is 13.2 Å². The quantitative estimate of drug-likeness (QED) is 0.747. The lowest BCUT2D eigenvalue weighted by Crippen LogP contribution is -2.15. The van der Waals surface area contributed by atoms with Crippen LogP contribution in [0.5, 0.6) is 0 Å². The Kier molecular flexibility index (Phi) is 5.83. The van der Waals surface area contributed by atoms with Crippen molar-refractivity contribution in [2.45, 2.75) is 26.6 Å². The lowest BCUT2D eigenvalue weighted by atomic mass is 10.4. The van der Waals surface area contributed by atoms with Crippen LogP contribution in [-0.4, -0.2) is 24.3 Å². The third-order valence-electron chi connectivity index (χ3n) is 1.83. The molecule has 0 saturated heterocycles. The van der Waals surface area contributed by atoms with Crippen LogP contribution in [0.1, 0.15) is 19.5 Å². The summed E-state index contributed by atoms with van der Waals surface area (Å²) in [4.78, 5) is 4.27. The minimum Gasteiger partial charge on any atom is -0.376 e. The fourth-order valence-electron chi connectivity index (χ4n) is 1.19. The Labute approximate surface area is 98.9 Å². The van der Waals surface area contributed by atoms with Crippen LogP contribution in [0.3, 0.4) is 0 Å². The van der Waals surface area contributed by atoms with Crippen molar-refractivity contribution in [3.63, 3.8) is 0 Å². The molecule has 0 aromatic carbocycles. The van der Waals surface area contributed by atoms with E-state index >= 15 is 0 Å². The summed E-state index contributed by atoms with van der Waals surface area (Å²) in [5, 5.41) is 0. The molecule has 15 heavy (non-hydrogen) atoms.